The van der Waals surface area contributed by atoms with Crippen LogP contribution in [0.15, 0.2) is 53.7 Å². The molecule has 5 aromatic heterocycles. The van der Waals surface area contributed by atoms with Crippen molar-refractivity contribution >= 4 is 28.2 Å². The minimum absolute atomic E-state index is 0.165. The van der Waals surface area contributed by atoms with Crippen molar-refractivity contribution < 1.29 is 4.79 Å². The van der Waals surface area contributed by atoms with Crippen LogP contribution in [0.5, 0.6) is 0 Å². The molecule has 9 heteroatoms. The lowest BCUT2D eigenvalue weighted by Crippen LogP contribution is -2.27. The third kappa shape index (κ3) is 4.05. The minimum atomic E-state index is -0.196. The number of aromatic nitrogens is 6. The Morgan fingerprint density at radius 3 is 2.88 bits per heavy atom. The monoisotopic (exact) mass is 457 g/mol. The smallest absolute Gasteiger partial charge is 0.267 e. The molecule has 5 aromatic rings. The highest BCUT2D eigenvalue weighted by atomic mass is 16.2. The van der Waals surface area contributed by atoms with Crippen LogP contribution >= 0.6 is 0 Å². The summed E-state index contributed by atoms with van der Waals surface area (Å²) in [5.41, 5.74) is 4.25. The lowest BCUT2D eigenvalue weighted by atomic mass is 10.2. The third-order valence-corrected chi connectivity index (χ3v) is 5.96. The summed E-state index contributed by atoms with van der Waals surface area (Å²) in [6, 6.07) is 9.05. The zero-order chi connectivity index (χ0) is 23.7. The van der Waals surface area contributed by atoms with Gasteiger partial charge in [-0.3, -0.25) is 14.0 Å². The number of pyridine rings is 1. The number of hydrogen-bond acceptors (Lipinski definition) is 5. The Bertz CT molecular complexity index is 1560. The molecule has 174 valence electrons. The number of nitrogens with one attached hydrogen (secondary N) is 1. The van der Waals surface area contributed by atoms with Crippen molar-refractivity contribution in [2.75, 3.05) is 6.54 Å². The molecule has 34 heavy (non-hydrogen) atoms. The Labute approximate surface area is 196 Å². The quantitative estimate of drug-likeness (QED) is 0.361. The Kier molecular flexibility index (Phi) is 5.83. The normalized spacial score (nSPS) is 11.6. The fourth-order valence-electron chi connectivity index (χ4n) is 4.23. The SMILES string of the molecule is CCCCn1c(C(=O)NCCCc2cnc3cc(C)nn3c2)cc2c(=O)n3ccccc3nc21. The lowest BCUT2D eigenvalue weighted by molar-refractivity contribution is 0.0944. The molecule has 0 fully saturated rings. The molecule has 1 N–H and O–H groups in total. The van der Waals surface area contributed by atoms with Crippen molar-refractivity contribution in [1.82, 2.24) is 33.9 Å². The minimum Gasteiger partial charge on any atom is -0.351 e. The Balaban J connectivity index is 1.34. The van der Waals surface area contributed by atoms with E-state index in [1.54, 1.807) is 28.9 Å². The second-order valence-electron chi connectivity index (χ2n) is 8.53. The summed E-state index contributed by atoms with van der Waals surface area (Å²) in [5, 5.41) is 7.87. The number of unbranched alkanes of at least 4 members (excludes halogenated alkanes) is 1. The van der Waals surface area contributed by atoms with Crippen LogP contribution < -0.4 is 10.9 Å². The first kappa shape index (κ1) is 21.8. The molecule has 0 spiro atoms. The largest absolute Gasteiger partial charge is 0.351 e. The Hall–Kier alpha value is -4.01. The zero-order valence-electron chi connectivity index (χ0n) is 19.4. The van der Waals surface area contributed by atoms with Crippen LogP contribution in [-0.2, 0) is 13.0 Å². The maximum Gasteiger partial charge on any atom is 0.267 e. The number of nitrogens with zero attached hydrogens (tertiary/aromatic N) is 6. The van der Waals surface area contributed by atoms with Crippen LogP contribution in [0.1, 0.15) is 47.9 Å². The molecule has 0 atom stereocenters. The molecule has 0 saturated carbocycles. The highest BCUT2D eigenvalue weighted by molar-refractivity contribution is 5.98. The van der Waals surface area contributed by atoms with E-state index in [9.17, 15) is 9.59 Å². The Morgan fingerprint density at radius 1 is 1.15 bits per heavy atom. The molecule has 9 nitrogen and oxygen atoms in total. The van der Waals surface area contributed by atoms with Crippen LogP contribution in [0.4, 0.5) is 0 Å². The number of carbonyl (C=O) groups excluding carboxylic acids is 1. The summed E-state index contributed by atoms with van der Waals surface area (Å²) in [4.78, 5) is 35.2. The number of aryl methyl sites for hydroxylation is 3. The van der Waals surface area contributed by atoms with Gasteiger partial charge < -0.3 is 9.88 Å². The molecule has 0 aliphatic carbocycles. The van der Waals surface area contributed by atoms with Gasteiger partial charge in [-0.05, 0) is 49.9 Å². The summed E-state index contributed by atoms with van der Waals surface area (Å²) < 4.78 is 5.17. The summed E-state index contributed by atoms with van der Waals surface area (Å²) in [6.45, 7) is 5.18. The second kappa shape index (κ2) is 9.09. The van der Waals surface area contributed by atoms with Crippen molar-refractivity contribution in [1.29, 1.82) is 0 Å². The number of hydrogen-bond donors (Lipinski definition) is 1. The van der Waals surface area contributed by atoms with Gasteiger partial charge >= 0.3 is 0 Å². The van der Waals surface area contributed by atoms with Crippen molar-refractivity contribution in [3.8, 4) is 0 Å². The third-order valence-electron chi connectivity index (χ3n) is 5.96. The average Bonchev–Trinajstić information content (AvgIpc) is 3.39. The van der Waals surface area contributed by atoms with Crippen LogP contribution in [0.2, 0.25) is 0 Å². The molecule has 0 bridgehead atoms. The van der Waals surface area contributed by atoms with Gasteiger partial charge in [0.25, 0.3) is 11.5 Å². The summed E-state index contributed by atoms with van der Waals surface area (Å²) in [7, 11) is 0. The number of fused-ring (bicyclic) bond motifs is 3. The molecule has 5 heterocycles. The highest BCUT2D eigenvalue weighted by Gasteiger charge is 2.19. The molecule has 1 amide bonds. The van der Waals surface area contributed by atoms with E-state index in [0.29, 0.717) is 35.5 Å². The molecule has 0 aliphatic heterocycles. The predicted molar refractivity (Wildman–Crippen MR) is 130 cm³/mol. The summed E-state index contributed by atoms with van der Waals surface area (Å²) in [5.74, 6) is -0.196. The van der Waals surface area contributed by atoms with Crippen LogP contribution in [0.25, 0.3) is 22.3 Å². The zero-order valence-corrected chi connectivity index (χ0v) is 19.4. The van der Waals surface area contributed by atoms with Crippen LogP contribution in [0.3, 0.4) is 0 Å². The molecular weight excluding hydrogens is 430 g/mol. The number of amides is 1. The number of rotatable bonds is 8. The second-order valence-corrected chi connectivity index (χ2v) is 8.53. The maximum atomic E-state index is 13.1. The van der Waals surface area contributed by atoms with Crippen LogP contribution in [-0.4, -0.2) is 41.0 Å². The van der Waals surface area contributed by atoms with Gasteiger partial charge in [0.15, 0.2) is 5.65 Å². The van der Waals surface area contributed by atoms with Gasteiger partial charge in [0.2, 0.25) is 0 Å². The van der Waals surface area contributed by atoms with Gasteiger partial charge in [0.1, 0.15) is 17.0 Å². The molecule has 5 rings (SSSR count). The van der Waals surface area contributed by atoms with Crippen molar-refractivity contribution in [2.24, 2.45) is 0 Å². The Morgan fingerprint density at radius 2 is 2.03 bits per heavy atom. The fraction of sp³-hybridized carbons (Fsp3) is 0.320. The van der Waals surface area contributed by atoms with E-state index < -0.39 is 0 Å². The molecule has 0 unspecified atom stereocenters. The molecule has 0 saturated heterocycles. The molecule has 0 radical (unpaired) electrons. The summed E-state index contributed by atoms with van der Waals surface area (Å²) in [6.07, 6.45) is 8.93. The van der Waals surface area contributed by atoms with Crippen molar-refractivity contribution in [3.05, 3.63) is 76.2 Å². The van der Waals surface area contributed by atoms with E-state index in [-0.39, 0.29) is 11.5 Å². The van der Waals surface area contributed by atoms with E-state index in [2.05, 4.69) is 27.3 Å². The topological polar surface area (TPSA) is 98.6 Å². The first-order valence-corrected chi connectivity index (χ1v) is 11.6. The van der Waals surface area contributed by atoms with Gasteiger partial charge in [0, 0.05) is 37.7 Å². The van der Waals surface area contributed by atoms with E-state index in [0.717, 1.165) is 42.6 Å². The molecule has 0 aliphatic rings. The molecule has 0 aromatic carbocycles. The summed E-state index contributed by atoms with van der Waals surface area (Å²) >= 11 is 0. The van der Waals surface area contributed by atoms with Gasteiger partial charge in [-0.15, -0.1) is 0 Å². The average molecular weight is 458 g/mol. The van der Waals surface area contributed by atoms with Crippen molar-refractivity contribution in [2.45, 2.75) is 46.1 Å². The first-order chi connectivity index (χ1) is 16.5. The van der Waals surface area contributed by atoms with Gasteiger partial charge in [-0.25, -0.2) is 14.5 Å². The predicted octanol–water partition coefficient (Wildman–Crippen LogP) is 3.16. The molecular formula is C25H27N7O2. The van der Waals surface area contributed by atoms with Gasteiger partial charge in [-0.1, -0.05) is 19.4 Å². The maximum absolute atomic E-state index is 13.1. The van der Waals surface area contributed by atoms with E-state index in [4.69, 9.17) is 0 Å². The standard InChI is InChI=1S/C25H27N7O2/c1-3-4-11-30-20(14-19-23(30)28-21-9-5-6-12-31(21)25(19)34)24(33)26-10-7-8-18-15-27-22-13-17(2)29-32(22)16-18/h5-6,9,12-16H,3-4,7-8,10-11H2,1-2H3,(H,26,33). The van der Waals surface area contributed by atoms with E-state index in [1.807, 2.05) is 36.0 Å². The van der Waals surface area contributed by atoms with Crippen LogP contribution in [0, 0.1) is 6.92 Å². The van der Waals surface area contributed by atoms with Crippen molar-refractivity contribution in [3.63, 3.8) is 0 Å². The highest BCUT2D eigenvalue weighted by Crippen LogP contribution is 2.18. The van der Waals surface area contributed by atoms with E-state index in [1.165, 1.54) is 4.40 Å². The van der Waals surface area contributed by atoms with Gasteiger partial charge in [0.05, 0.1) is 11.1 Å². The fourth-order valence-corrected chi connectivity index (χ4v) is 4.23. The van der Waals surface area contributed by atoms with E-state index >= 15 is 0 Å². The lowest BCUT2D eigenvalue weighted by Gasteiger charge is -2.10. The number of carbonyl (C=O) groups is 1. The van der Waals surface area contributed by atoms with Gasteiger partial charge in [-0.2, -0.15) is 5.10 Å². The first-order valence-electron chi connectivity index (χ1n) is 11.6.